The fraction of sp³-hybridized carbons (Fsp3) is 0.450. The molecular weight excluding hydrogens is 444 g/mol. The van der Waals surface area contributed by atoms with E-state index in [1.807, 2.05) is 4.72 Å². The third-order valence-corrected chi connectivity index (χ3v) is 5.91. The van der Waals surface area contributed by atoms with Crippen molar-refractivity contribution >= 4 is 27.6 Å². The molecule has 0 unspecified atom stereocenters. The Kier molecular flexibility index (Phi) is 6.54. The lowest BCUT2D eigenvalue weighted by atomic mass is 10.2. The maximum atomic E-state index is 14.9. The van der Waals surface area contributed by atoms with Gasteiger partial charge in [0.1, 0.15) is 11.4 Å². The normalized spacial score (nSPS) is 16.7. The highest BCUT2D eigenvalue weighted by Crippen LogP contribution is 2.26. The molecule has 32 heavy (non-hydrogen) atoms. The molecule has 3 heterocycles. The molecule has 1 aliphatic rings. The standard InChI is InChI=1S/C20H25F2N5O4S/c1-12-14(24-13-8-9-27(11-13)19(28)31-20(2,3)4)10-23-18(17(12)22)32(29,30)26-16-7-5-6-15(21)25-16/h5-7,10,13,24H,8-9,11H2,1-4H3,(H,25,26)/t13-/m0/s1. The Balaban J connectivity index is 1.72. The first-order valence-corrected chi connectivity index (χ1v) is 11.4. The largest absolute Gasteiger partial charge is 0.444 e. The summed E-state index contributed by atoms with van der Waals surface area (Å²) >= 11 is 0. The molecule has 3 rings (SSSR count). The van der Waals surface area contributed by atoms with Gasteiger partial charge < -0.3 is 15.0 Å². The Morgan fingerprint density at radius 2 is 2.00 bits per heavy atom. The van der Waals surface area contributed by atoms with Crippen LogP contribution in [0, 0.1) is 18.7 Å². The first kappa shape index (κ1) is 23.6. The van der Waals surface area contributed by atoms with Crippen LogP contribution in [0.2, 0.25) is 0 Å². The van der Waals surface area contributed by atoms with Crippen LogP contribution in [0.3, 0.4) is 0 Å². The molecule has 0 saturated carbocycles. The number of anilines is 2. The summed E-state index contributed by atoms with van der Waals surface area (Å²) in [6, 6.07) is 3.37. The molecule has 0 spiro atoms. The van der Waals surface area contributed by atoms with Crippen molar-refractivity contribution in [2.45, 2.75) is 50.8 Å². The fourth-order valence-corrected chi connectivity index (χ4v) is 4.20. The molecule has 1 amide bonds. The molecular formula is C20H25F2N5O4S. The van der Waals surface area contributed by atoms with Gasteiger partial charge in [-0.3, -0.25) is 4.72 Å². The minimum Gasteiger partial charge on any atom is -0.444 e. The molecule has 1 atom stereocenters. The van der Waals surface area contributed by atoms with Gasteiger partial charge in [-0.2, -0.15) is 12.8 Å². The number of carbonyl (C=O) groups is 1. The van der Waals surface area contributed by atoms with E-state index in [0.717, 1.165) is 6.07 Å². The number of pyridine rings is 2. The maximum Gasteiger partial charge on any atom is 0.410 e. The molecule has 2 aromatic heterocycles. The molecule has 0 radical (unpaired) electrons. The van der Waals surface area contributed by atoms with E-state index < -0.39 is 38.5 Å². The molecule has 1 fully saturated rings. The number of sulfonamides is 1. The molecule has 12 heteroatoms. The van der Waals surface area contributed by atoms with E-state index in [2.05, 4.69) is 15.3 Å². The lowest BCUT2D eigenvalue weighted by molar-refractivity contribution is 0.0293. The Bertz CT molecular complexity index is 1120. The molecule has 2 aromatic rings. The van der Waals surface area contributed by atoms with Crippen molar-refractivity contribution in [1.29, 1.82) is 0 Å². The molecule has 0 aliphatic carbocycles. The van der Waals surface area contributed by atoms with E-state index in [1.54, 1.807) is 25.7 Å². The van der Waals surface area contributed by atoms with Crippen LogP contribution in [0.15, 0.2) is 29.4 Å². The number of carbonyl (C=O) groups excluding carboxylic acids is 1. The molecule has 174 valence electrons. The van der Waals surface area contributed by atoms with E-state index in [-0.39, 0.29) is 17.4 Å². The summed E-state index contributed by atoms with van der Waals surface area (Å²) in [5.74, 6) is -2.22. The van der Waals surface area contributed by atoms with Crippen molar-refractivity contribution in [3.8, 4) is 0 Å². The zero-order valence-electron chi connectivity index (χ0n) is 18.1. The summed E-state index contributed by atoms with van der Waals surface area (Å²) < 4.78 is 60.5. The average Bonchev–Trinajstić information content (AvgIpc) is 3.12. The number of nitrogens with one attached hydrogen (secondary N) is 2. The average molecular weight is 470 g/mol. The molecule has 9 nitrogen and oxygen atoms in total. The van der Waals surface area contributed by atoms with Crippen LogP contribution in [-0.4, -0.2) is 54.1 Å². The number of halogens is 2. The van der Waals surface area contributed by atoms with Crippen molar-refractivity contribution in [1.82, 2.24) is 14.9 Å². The first-order valence-electron chi connectivity index (χ1n) is 9.90. The third kappa shape index (κ3) is 5.61. The number of nitrogens with zero attached hydrogens (tertiary/aromatic N) is 3. The van der Waals surface area contributed by atoms with Gasteiger partial charge in [-0.25, -0.2) is 19.2 Å². The van der Waals surface area contributed by atoms with Crippen molar-refractivity contribution in [2.75, 3.05) is 23.1 Å². The number of likely N-dealkylation sites (tertiary alicyclic amines) is 1. The van der Waals surface area contributed by atoms with Crippen LogP contribution in [0.25, 0.3) is 0 Å². The molecule has 1 aliphatic heterocycles. The first-order chi connectivity index (χ1) is 14.9. The number of hydrogen-bond acceptors (Lipinski definition) is 7. The molecule has 0 bridgehead atoms. The topological polar surface area (TPSA) is 114 Å². The van der Waals surface area contributed by atoms with Crippen molar-refractivity contribution in [3.05, 3.63) is 41.7 Å². The highest BCUT2D eigenvalue weighted by Gasteiger charge is 2.31. The van der Waals surface area contributed by atoms with Gasteiger partial charge in [0.15, 0.2) is 5.82 Å². The summed E-state index contributed by atoms with van der Waals surface area (Å²) in [4.78, 5) is 20.9. The maximum absolute atomic E-state index is 14.9. The Morgan fingerprint density at radius 1 is 1.28 bits per heavy atom. The molecule has 0 aromatic carbocycles. The Morgan fingerprint density at radius 3 is 2.66 bits per heavy atom. The van der Waals surface area contributed by atoms with Gasteiger partial charge in [0, 0.05) is 24.7 Å². The van der Waals surface area contributed by atoms with E-state index in [1.165, 1.54) is 25.3 Å². The number of ether oxygens (including phenoxy) is 1. The number of hydrogen-bond donors (Lipinski definition) is 2. The lowest BCUT2D eigenvalue weighted by Crippen LogP contribution is -2.36. The van der Waals surface area contributed by atoms with Crippen molar-refractivity contribution < 1.29 is 26.7 Å². The molecule has 2 N–H and O–H groups in total. The molecule has 1 saturated heterocycles. The third-order valence-electron chi connectivity index (χ3n) is 4.64. The minimum absolute atomic E-state index is 0.0447. The van der Waals surface area contributed by atoms with Gasteiger partial charge in [-0.1, -0.05) is 6.07 Å². The van der Waals surface area contributed by atoms with Gasteiger partial charge in [0.2, 0.25) is 11.0 Å². The van der Waals surface area contributed by atoms with E-state index in [0.29, 0.717) is 25.2 Å². The predicted octanol–water partition coefficient (Wildman–Crippen LogP) is 3.29. The van der Waals surface area contributed by atoms with Gasteiger partial charge >= 0.3 is 6.09 Å². The summed E-state index contributed by atoms with van der Waals surface area (Å²) in [6.07, 6.45) is 1.39. The van der Waals surface area contributed by atoms with E-state index in [9.17, 15) is 22.0 Å². The van der Waals surface area contributed by atoms with Crippen LogP contribution in [0.1, 0.15) is 32.8 Å². The SMILES string of the molecule is Cc1c(N[C@H]2CCN(C(=O)OC(C)(C)C)C2)cnc(S(=O)(=O)Nc2cccc(F)n2)c1F. The zero-order valence-corrected chi connectivity index (χ0v) is 19.0. The summed E-state index contributed by atoms with van der Waals surface area (Å²) in [5, 5.41) is 2.28. The van der Waals surface area contributed by atoms with Crippen LogP contribution >= 0.6 is 0 Å². The number of rotatable bonds is 5. The quantitative estimate of drug-likeness (QED) is 0.646. The van der Waals surface area contributed by atoms with Crippen LogP contribution in [0.4, 0.5) is 25.1 Å². The highest BCUT2D eigenvalue weighted by molar-refractivity contribution is 7.92. The highest BCUT2D eigenvalue weighted by atomic mass is 32.2. The summed E-state index contributed by atoms with van der Waals surface area (Å²) in [7, 11) is -4.43. The van der Waals surface area contributed by atoms with Crippen LogP contribution in [-0.2, 0) is 14.8 Å². The van der Waals surface area contributed by atoms with E-state index in [4.69, 9.17) is 4.74 Å². The second-order valence-corrected chi connectivity index (χ2v) is 10.0. The zero-order chi connectivity index (χ0) is 23.7. The van der Waals surface area contributed by atoms with E-state index >= 15 is 0 Å². The second kappa shape index (κ2) is 8.85. The minimum atomic E-state index is -4.43. The smallest absolute Gasteiger partial charge is 0.410 e. The lowest BCUT2D eigenvalue weighted by Gasteiger charge is -2.24. The van der Waals surface area contributed by atoms with Crippen molar-refractivity contribution in [3.63, 3.8) is 0 Å². The van der Waals surface area contributed by atoms with Gasteiger partial charge in [0.25, 0.3) is 10.0 Å². The Labute approximate surface area is 185 Å². The van der Waals surface area contributed by atoms with Crippen molar-refractivity contribution in [2.24, 2.45) is 0 Å². The second-order valence-electron chi connectivity index (χ2n) is 8.42. The van der Waals surface area contributed by atoms with Gasteiger partial charge in [0.05, 0.1) is 11.9 Å². The van der Waals surface area contributed by atoms with Gasteiger partial charge in [-0.05, 0) is 46.2 Å². The number of aromatic nitrogens is 2. The van der Waals surface area contributed by atoms with Crippen LogP contribution < -0.4 is 10.0 Å². The summed E-state index contributed by atoms with van der Waals surface area (Å²) in [5.41, 5.74) is -0.257. The van der Waals surface area contributed by atoms with Gasteiger partial charge in [-0.15, -0.1) is 0 Å². The predicted molar refractivity (Wildman–Crippen MR) is 114 cm³/mol. The Hall–Kier alpha value is -3.02. The van der Waals surface area contributed by atoms with Crippen LogP contribution in [0.5, 0.6) is 0 Å². The summed E-state index contributed by atoms with van der Waals surface area (Å²) in [6.45, 7) is 7.58. The monoisotopic (exact) mass is 469 g/mol. The number of amides is 1. The fourth-order valence-electron chi connectivity index (χ4n) is 3.13.